The fraction of sp³-hybridized carbons (Fsp3) is 0.455. The SMILES string of the molecule is CCOC(=O)/C=C/c1nccn1CCOC. The summed E-state index contributed by atoms with van der Waals surface area (Å²) in [6.45, 7) is 3.46. The number of rotatable bonds is 6. The Kier molecular flexibility index (Phi) is 5.28. The van der Waals surface area contributed by atoms with Gasteiger partial charge in [-0.2, -0.15) is 0 Å². The van der Waals surface area contributed by atoms with E-state index in [2.05, 4.69) is 4.98 Å². The van der Waals surface area contributed by atoms with Crippen LogP contribution in [0.4, 0.5) is 0 Å². The van der Waals surface area contributed by atoms with Crippen molar-refractivity contribution in [3.05, 3.63) is 24.3 Å². The predicted octanol–water partition coefficient (Wildman–Crippen LogP) is 1.11. The first-order chi connectivity index (χ1) is 7.77. The lowest BCUT2D eigenvalue weighted by Crippen LogP contribution is -2.05. The Labute approximate surface area is 94.7 Å². The summed E-state index contributed by atoms with van der Waals surface area (Å²) in [4.78, 5) is 15.2. The van der Waals surface area contributed by atoms with Crippen LogP contribution in [0.15, 0.2) is 18.5 Å². The second-order valence-corrected chi connectivity index (χ2v) is 3.06. The molecule has 0 saturated carbocycles. The average molecular weight is 224 g/mol. The topological polar surface area (TPSA) is 53.3 Å². The maximum Gasteiger partial charge on any atom is 0.330 e. The first kappa shape index (κ1) is 12.4. The number of nitrogens with zero attached hydrogens (tertiary/aromatic N) is 2. The summed E-state index contributed by atoms with van der Waals surface area (Å²) in [5, 5.41) is 0. The summed E-state index contributed by atoms with van der Waals surface area (Å²) >= 11 is 0. The van der Waals surface area contributed by atoms with Crippen LogP contribution in [0.3, 0.4) is 0 Å². The lowest BCUT2D eigenvalue weighted by Gasteiger charge is -2.03. The molecule has 0 atom stereocenters. The highest BCUT2D eigenvalue weighted by Gasteiger charge is 2.00. The fourth-order valence-electron chi connectivity index (χ4n) is 1.19. The Bertz CT molecular complexity index is 358. The number of carbonyl (C=O) groups excluding carboxylic acids is 1. The average Bonchev–Trinajstić information content (AvgIpc) is 2.71. The van der Waals surface area contributed by atoms with Crippen LogP contribution in [0.1, 0.15) is 12.7 Å². The van der Waals surface area contributed by atoms with E-state index in [1.807, 2.05) is 10.8 Å². The molecule has 5 nitrogen and oxygen atoms in total. The van der Waals surface area contributed by atoms with E-state index in [4.69, 9.17) is 9.47 Å². The maximum absolute atomic E-state index is 11.1. The lowest BCUT2D eigenvalue weighted by atomic mass is 10.4. The van der Waals surface area contributed by atoms with Crippen molar-refractivity contribution >= 4 is 12.0 Å². The van der Waals surface area contributed by atoms with Crippen molar-refractivity contribution in [1.82, 2.24) is 9.55 Å². The van der Waals surface area contributed by atoms with Gasteiger partial charge in [0.2, 0.25) is 0 Å². The molecule has 0 unspecified atom stereocenters. The van der Waals surface area contributed by atoms with Gasteiger partial charge in [-0.15, -0.1) is 0 Å². The van der Waals surface area contributed by atoms with Gasteiger partial charge in [-0.25, -0.2) is 9.78 Å². The Morgan fingerprint density at radius 2 is 2.44 bits per heavy atom. The predicted molar refractivity (Wildman–Crippen MR) is 59.8 cm³/mol. The number of imidazole rings is 1. The number of carbonyl (C=O) groups is 1. The summed E-state index contributed by atoms with van der Waals surface area (Å²) in [7, 11) is 1.64. The highest BCUT2D eigenvalue weighted by Crippen LogP contribution is 2.00. The molecule has 0 aromatic carbocycles. The molecule has 0 saturated heterocycles. The minimum Gasteiger partial charge on any atom is -0.463 e. The maximum atomic E-state index is 11.1. The van der Waals surface area contributed by atoms with Crippen LogP contribution in [-0.2, 0) is 20.8 Å². The van der Waals surface area contributed by atoms with Gasteiger partial charge in [0.1, 0.15) is 5.82 Å². The molecule has 1 aromatic heterocycles. The van der Waals surface area contributed by atoms with E-state index in [0.717, 1.165) is 0 Å². The standard InChI is InChI=1S/C11H16N2O3/c1-3-16-11(14)5-4-10-12-6-7-13(10)8-9-15-2/h4-7H,3,8-9H2,1-2H3/b5-4+. The van der Waals surface area contributed by atoms with Crippen molar-refractivity contribution in [3.8, 4) is 0 Å². The highest BCUT2D eigenvalue weighted by atomic mass is 16.5. The molecular formula is C11H16N2O3. The van der Waals surface area contributed by atoms with E-state index in [-0.39, 0.29) is 5.97 Å². The zero-order valence-electron chi connectivity index (χ0n) is 9.55. The zero-order valence-corrected chi connectivity index (χ0v) is 9.55. The largest absolute Gasteiger partial charge is 0.463 e. The van der Waals surface area contributed by atoms with Crippen LogP contribution in [0, 0.1) is 0 Å². The van der Waals surface area contributed by atoms with Crippen molar-refractivity contribution in [2.24, 2.45) is 0 Å². The van der Waals surface area contributed by atoms with Crippen LogP contribution in [-0.4, -0.2) is 35.8 Å². The van der Waals surface area contributed by atoms with Gasteiger partial charge >= 0.3 is 5.97 Å². The second-order valence-electron chi connectivity index (χ2n) is 3.06. The Hall–Kier alpha value is -1.62. The molecule has 1 heterocycles. The third-order valence-corrected chi connectivity index (χ3v) is 1.94. The molecular weight excluding hydrogens is 208 g/mol. The van der Waals surface area contributed by atoms with Gasteiger partial charge in [0, 0.05) is 32.1 Å². The summed E-state index contributed by atoms with van der Waals surface area (Å²) in [6.07, 6.45) is 6.52. The molecule has 0 aliphatic carbocycles. The Balaban J connectivity index is 2.59. The van der Waals surface area contributed by atoms with Crippen molar-refractivity contribution in [1.29, 1.82) is 0 Å². The van der Waals surface area contributed by atoms with Gasteiger partial charge in [0.15, 0.2) is 0 Å². The van der Waals surface area contributed by atoms with E-state index in [1.54, 1.807) is 26.3 Å². The van der Waals surface area contributed by atoms with Crippen LogP contribution in [0.5, 0.6) is 0 Å². The van der Waals surface area contributed by atoms with Gasteiger partial charge < -0.3 is 14.0 Å². The third kappa shape index (κ3) is 3.86. The number of hydrogen-bond acceptors (Lipinski definition) is 4. The van der Waals surface area contributed by atoms with Crippen molar-refractivity contribution in [3.63, 3.8) is 0 Å². The van der Waals surface area contributed by atoms with Crippen LogP contribution < -0.4 is 0 Å². The first-order valence-corrected chi connectivity index (χ1v) is 5.12. The van der Waals surface area contributed by atoms with Gasteiger partial charge in [-0.1, -0.05) is 0 Å². The normalized spacial score (nSPS) is 10.9. The van der Waals surface area contributed by atoms with E-state index < -0.39 is 0 Å². The first-order valence-electron chi connectivity index (χ1n) is 5.12. The molecule has 1 rings (SSSR count). The molecule has 0 aliphatic heterocycles. The molecule has 16 heavy (non-hydrogen) atoms. The minimum atomic E-state index is -0.358. The summed E-state index contributed by atoms with van der Waals surface area (Å²) in [6, 6.07) is 0. The lowest BCUT2D eigenvalue weighted by molar-refractivity contribution is -0.137. The van der Waals surface area contributed by atoms with E-state index in [1.165, 1.54) is 6.08 Å². The molecule has 0 radical (unpaired) electrons. The van der Waals surface area contributed by atoms with Gasteiger partial charge in [0.05, 0.1) is 13.2 Å². The monoisotopic (exact) mass is 224 g/mol. The number of ether oxygens (including phenoxy) is 2. The fourth-order valence-corrected chi connectivity index (χ4v) is 1.19. The summed E-state index contributed by atoms with van der Waals surface area (Å²) in [5.41, 5.74) is 0. The summed E-state index contributed by atoms with van der Waals surface area (Å²) < 4.78 is 11.6. The molecule has 0 aliphatic rings. The second kappa shape index (κ2) is 6.79. The molecule has 0 spiro atoms. The van der Waals surface area contributed by atoms with E-state index >= 15 is 0 Å². The molecule has 0 fully saturated rings. The van der Waals surface area contributed by atoms with Crippen LogP contribution in [0.2, 0.25) is 0 Å². The molecule has 1 aromatic rings. The number of methoxy groups -OCH3 is 1. The zero-order chi connectivity index (χ0) is 11.8. The van der Waals surface area contributed by atoms with Crippen LogP contribution >= 0.6 is 0 Å². The van der Waals surface area contributed by atoms with Crippen molar-refractivity contribution < 1.29 is 14.3 Å². The Morgan fingerprint density at radius 3 is 3.12 bits per heavy atom. The van der Waals surface area contributed by atoms with Gasteiger partial charge in [-0.05, 0) is 13.0 Å². The smallest absolute Gasteiger partial charge is 0.330 e. The Morgan fingerprint density at radius 1 is 1.62 bits per heavy atom. The van der Waals surface area contributed by atoms with Gasteiger partial charge in [-0.3, -0.25) is 0 Å². The third-order valence-electron chi connectivity index (χ3n) is 1.94. The summed E-state index contributed by atoms with van der Waals surface area (Å²) in [5.74, 6) is 0.355. The number of esters is 1. The van der Waals surface area contributed by atoms with Crippen molar-refractivity contribution in [2.45, 2.75) is 13.5 Å². The minimum absolute atomic E-state index is 0.358. The number of hydrogen-bond donors (Lipinski definition) is 0. The molecule has 88 valence electrons. The molecule has 5 heteroatoms. The van der Waals surface area contributed by atoms with Gasteiger partial charge in [0.25, 0.3) is 0 Å². The van der Waals surface area contributed by atoms with Crippen LogP contribution in [0.25, 0.3) is 6.08 Å². The molecule has 0 amide bonds. The van der Waals surface area contributed by atoms with Crippen molar-refractivity contribution in [2.75, 3.05) is 20.3 Å². The molecule has 0 N–H and O–H groups in total. The highest BCUT2D eigenvalue weighted by molar-refractivity contribution is 5.86. The van der Waals surface area contributed by atoms with E-state index in [9.17, 15) is 4.79 Å². The molecule has 0 bridgehead atoms. The number of aromatic nitrogens is 2. The quantitative estimate of drug-likeness (QED) is 0.536. The van der Waals surface area contributed by atoms with E-state index in [0.29, 0.717) is 25.6 Å².